The quantitative estimate of drug-likeness (QED) is 0.740. The van der Waals surface area contributed by atoms with Crippen LogP contribution in [0.5, 0.6) is 0 Å². The number of aryl methyl sites for hydroxylation is 2. The van der Waals surface area contributed by atoms with E-state index in [2.05, 4.69) is 15.9 Å². The second-order valence-electron chi connectivity index (χ2n) is 4.83. The number of rotatable bonds is 2. The third-order valence-corrected chi connectivity index (χ3v) is 4.65. The van der Waals surface area contributed by atoms with Gasteiger partial charge in [-0.1, -0.05) is 15.9 Å². The first-order valence-corrected chi connectivity index (χ1v) is 6.99. The standard InChI is InChI=1S/C14H18BrFO/c1-9-6-12(16)7-10(2)13(9)14(15)11-4-3-5-17-8-11/h6-7,11,14H,3-5,8H2,1-2H3. The molecule has 1 nitrogen and oxygen atoms in total. The number of alkyl halides is 1. The van der Waals surface area contributed by atoms with Gasteiger partial charge in [-0.2, -0.15) is 0 Å². The van der Waals surface area contributed by atoms with Crippen LogP contribution in [0.1, 0.15) is 34.4 Å². The van der Waals surface area contributed by atoms with Crippen molar-refractivity contribution in [1.29, 1.82) is 0 Å². The molecule has 0 N–H and O–H groups in total. The Morgan fingerprint density at radius 3 is 2.53 bits per heavy atom. The zero-order valence-electron chi connectivity index (χ0n) is 10.3. The average molecular weight is 301 g/mol. The molecule has 0 saturated carbocycles. The highest BCUT2D eigenvalue weighted by molar-refractivity contribution is 9.09. The highest BCUT2D eigenvalue weighted by atomic mass is 79.9. The molecule has 2 atom stereocenters. The smallest absolute Gasteiger partial charge is 0.123 e. The lowest BCUT2D eigenvalue weighted by atomic mass is 9.89. The van der Waals surface area contributed by atoms with Crippen LogP contribution < -0.4 is 0 Å². The maximum atomic E-state index is 13.3. The molecule has 1 heterocycles. The van der Waals surface area contributed by atoms with Crippen LogP contribution in [0.3, 0.4) is 0 Å². The van der Waals surface area contributed by atoms with Gasteiger partial charge in [-0.05, 0) is 61.4 Å². The summed E-state index contributed by atoms with van der Waals surface area (Å²) in [5.41, 5.74) is 3.27. The van der Waals surface area contributed by atoms with Crippen LogP contribution in [0, 0.1) is 25.6 Å². The highest BCUT2D eigenvalue weighted by Crippen LogP contribution is 2.39. The predicted molar refractivity (Wildman–Crippen MR) is 71.1 cm³/mol. The van der Waals surface area contributed by atoms with Crippen molar-refractivity contribution in [2.24, 2.45) is 5.92 Å². The van der Waals surface area contributed by atoms with Crippen LogP contribution in [-0.2, 0) is 4.74 Å². The lowest BCUT2D eigenvalue weighted by Crippen LogP contribution is -2.22. The average Bonchev–Trinajstić information content (AvgIpc) is 2.28. The number of hydrogen-bond donors (Lipinski definition) is 0. The first-order valence-electron chi connectivity index (χ1n) is 6.08. The molecule has 0 bridgehead atoms. The van der Waals surface area contributed by atoms with Gasteiger partial charge in [0.05, 0.1) is 6.61 Å². The lowest BCUT2D eigenvalue weighted by Gasteiger charge is -2.28. The monoisotopic (exact) mass is 300 g/mol. The van der Waals surface area contributed by atoms with Crippen LogP contribution in [0.4, 0.5) is 4.39 Å². The van der Waals surface area contributed by atoms with Gasteiger partial charge in [0.25, 0.3) is 0 Å². The summed E-state index contributed by atoms with van der Waals surface area (Å²) in [5.74, 6) is 0.343. The van der Waals surface area contributed by atoms with Crippen molar-refractivity contribution in [3.05, 3.63) is 34.6 Å². The zero-order valence-corrected chi connectivity index (χ0v) is 11.9. The normalized spacial score (nSPS) is 22.5. The molecule has 3 heteroatoms. The van der Waals surface area contributed by atoms with Gasteiger partial charge < -0.3 is 4.74 Å². The molecule has 0 aromatic heterocycles. The van der Waals surface area contributed by atoms with Gasteiger partial charge in [0, 0.05) is 11.4 Å². The Balaban J connectivity index is 2.26. The van der Waals surface area contributed by atoms with E-state index in [1.165, 1.54) is 12.0 Å². The molecular weight excluding hydrogens is 283 g/mol. The van der Waals surface area contributed by atoms with E-state index in [4.69, 9.17) is 4.74 Å². The summed E-state index contributed by atoms with van der Waals surface area (Å²) in [7, 11) is 0. The summed E-state index contributed by atoms with van der Waals surface area (Å²) in [4.78, 5) is 0.267. The zero-order chi connectivity index (χ0) is 12.4. The Hall–Kier alpha value is -0.410. The molecule has 1 fully saturated rings. The summed E-state index contributed by atoms with van der Waals surface area (Å²) in [5, 5.41) is 0. The molecule has 1 aromatic carbocycles. The van der Waals surface area contributed by atoms with Crippen molar-refractivity contribution >= 4 is 15.9 Å². The van der Waals surface area contributed by atoms with E-state index in [9.17, 15) is 4.39 Å². The predicted octanol–water partition coefficient (Wildman–Crippen LogP) is 4.31. The first kappa shape index (κ1) is 13.0. The van der Waals surface area contributed by atoms with E-state index >= 15 is 0 Å². The highest BCUT2D eigenvalue weighted by Gasteiger charge is 2.25. The number of benzene rings is 1. The van der Waals surface area contributed by atoms with E-state index in [1.54, 1.807) is 12.1 Å². The minimum atomic E-state index is -0.150. The Kier molecular flexibility index (Phi) is 4.21. The van der Waals surface area contributed by atoms with E-state index < -0.39 is 0 Å². The van der Waals surface area contributed by atoms with Gasteiger partial charge in [0.1, 0.15) is 5.82 Å². The number of halogens is 2. The third kappa shape index (κ3) is 2.89. The fraction of sp³-hybridized carbons (Fsp3) is 0.571. The Morgan fingerprint density at radius 2 is 2.00 bits per heavy atom. The Morgan fingerprint density at radius 1 is 1.35 bits per heavy atom. The van der Waals surface area contributed by atoms with Crippen LogP contribution in [0.15, 0.2) is 12.1 Å². The van der Waals surface area contributed by atoms with Crippen LogP contribution in [-0.4, -0.2) is 13.2 Å². The molecule has 0 amide bonds. The van der Waals surface area contributed by atoms with Gasteiger partial charge in [-0.15, -0.1) is 0 Å². The van der Waals surface area contributed by atoms with Crippen molar-refractivity contribution in [3.63, 3.8) is 0 Å². The first-order chi connectivity index (χ1) is 8.09. The van der Waals surface area contributed by atoms with Crippen molar-refractivity contribution < 1.29 is 9.13 Å². The molecule has 94 valence electrons. The van der Waals surface area contributed by atoms with E-state index in [1.807, 2.05) is 13.8 Å². The molecule has 1 aliphatic rings. The Labute approximate surface area is 110 Å². The summed E-state index contributed by atoms with van der Waals surface area (Å²) in [6.07, 6.45) is 2.29. The van der Waals surface area contributed by atoms with Crippen molar-refractivity contribution in [1.82, 2.24) is 0 Å². The molecule has 1 saturated heterocycles. The molecular formula is C14H18BrFO. The molecule has 1 aromatic rings. The van der Waals surface area contributed by atoms with Gasteiger partial charge in [-0.3, -0.25) is 0 Å². The molecule has 0 aliphatic carbocycles. The molecule has 17 heavy (non-hydrogen) atoms. The second-order valence-corrected chi connectivity index (χ2v) is 5.82. The molecule has 2 rings (SSSR count). The second kappa shape index (κ2) is 5.49. The Bertz CT molecular complexity index is 376. The number of hydrogen-bond acceptors (Lipinski definition) is 1. The van der Waals surface area contributed by atoms with Gasteiger partial charge in [0.15, 0.2) is 0 Å². The van der Waals surface area contributed by atoms with Crippen molar-refractivity contribution in [3.8, 4) is 0 Å². The van der Waals surface area contributed by atoms with Crippen LogP contribution in [0.25, 0.3) is 0 Å². The van der Waals surface area contributed by atoms with Gasteiger partial charge in [0.2, 0.25) is 0 Å². The number of ether oxygens (including phenoxy) is 1. The topological polar surface area (TPSA) is 9.23 Å². The summed E-state index contributed by atoms with van der Waals surface area (Å²) < 4.78 is 18.8. The van der Waals surface area contributed by atoms with E-state index in [0.717, 1.165) is 30.8 Å². The molecule has 0 radical (unpaired) electrons. The summed E-state index contributed by atoms with van der Waals surface area (Å²) in [6.45, 7) is 5.62. The fourth-order valence-electron chi connectivity index (χ4n) is 2.59. The largest absolute Gasteiger partial charge is 0.381 e. The van der Waals surface area contributed by atoms with Gasteiger partial charge >= 0.3 is 0 Å². The van der Waals surface area contributed by atoms with Crippen LogP contribution >= 0.6 is 15.9 Å². The molecule has 1 aliphatic heterocycles. The summed E-state index contributed by atoms with van der Waals surface area (Å²) >= 11 is 3.77. The van der Waals surface area contributed by atoms with Crippen LogP contribution in [0.2, 0.25) is 0 Å². The maximum absolute atomic E-state index is 13.3. The van der Waals surface area contributed by atoms with E-state index in [-0.39, 0.29) is 10.6 Å². The minimum absolute atomic E-state index is 0.150. The SMILES string of the molecule is Cc1cc(F)cc(C)c1C(Br)C1CCCOC1. The molecule has 2 unspecified atom stereocenters. The molecule has 0 spiro atoms. The third-order valence-electron chi connectivity index (χ3n) is 3.44. The van der Waals surface area contributed by atoms with Crippen molar-refractivity contribution in [2.45, 2.75) is 31.5 Å². The lowest BCUT2D eigenvalue weighted by molar-refractivity contribution is 0.0545. The van der Waals surface area contributed by atoms with Crippen molar-refractivity contribution in [2.75, 3.05) is 13.2 Å². The van der Waals surface area contributed by atoms with Gasteiger partial charge in [-0.25, -0.2) is 4.39 Å². The fourth-order valence-corrected chi connectivity index (χ4v) is 3.73. The summed E-state index contributed by atoms with van der Waals surface area (Å²) in [6, 6.07) is 3.22. The minimum Gasteiger partial charge on any atom is -0.381 e. The maximum Gasteiger partial charge on any atom is 0.123 e. The van der Waals surface area contributed by atoms with E-state index in [0.29, 0.717) is 5.92 Å².